The van der Waals surface area contributed by atoms with Crippen LogP contribution >= 0.6 is 0 Å². The normalized spacial score (nSPS) is 11.2. The van der Waals surface area contributed by atoms with Crippen LogP contribution in [0.15, 0.2) is 18.3 Å². The predicted molar refractivity (Wildman–Crippen MR) is 56.3 cm³/mol. The molecule has 1 heterocycles. The van der Waals surface area contributed by atoms with Crippen LogP contribution in [0.2, 0.25) is 0 Å². The van der Waals surface area contributed by atoms with Crippen LogP contribution < -0.4 is 11.1 Å². The summed E-state index contributed by atoms with van der Waals surface area (Å²) in [5.74, 6) is -0.528. The van der Waals surface area contributed by atoms with Gasteiger partial charge < -0.3 is 11.1 Å². The lowest BCUT2D eigenvalue weighted by Gasteiger charge is -2.07. The third-order valence-electron chi connectivity index (χ3n) is 1.94. The highest BCUT2D eigenvalue weighted by Crippen LogP contribution is 2.20. The van der Waals surface area contributed by atoms with E-state index in [1.54, 1.807) is 0 Å². The van der Waals surface area contributed by atoms with Crippen LogP contribution in [0.25, 0.3) is 0 Å². The zero-order chi connectivity index (χ0) is 12.9. The van der Waals surface area contributed by atoms with Gasteiger partial charge in [-0.2, -0.15) is 13.2 Å². The number of anilines is 1. The Bertz CT molecular complexity index is 393. The molecule has 0 aliphatic carbocycles. The molecule has 0 spiro atoms. The van der Waals surface area contributed by atoms with Gasteiger partial charge in [-0.15, -0.1) is 0 Å². The number of carbonyl (C=O) groups is 1. The summed E-state index contributed by atoms with van der Waals surface area (Å²) in [5, 5.41) is 2.34. The van der Waals surface area contributed by atoms with Gasteiger partial charge in [0.15, 0.2) is 0 Å². The molecule has 0 unspecified atom stereocenters. The van der Waals surface area contributed by atoms with E-state index in [0.717, 1.165) is 0 Å². The van der Waals surface area contributed by atoms with Crippen molar-refractivity contribution in [3.05, 3.63) is 24.0 Å². The van der Waals surface area contributed by atoms with Crippen molar-refractivity contribution in [2.24, 2.45) is 0 Å². The van der Waals surface area contributed by atoms with Crippen LogP contribution in [-0.2, 0) is 0 Å². The van der Waals surface area contributed by atoms with Gasteiger partial charge >= 0.3 is 6.18 Å². The average molecular weight is 247 g/mol. The van der Waals surface area contributed by atoms with Crippen molar-refractivity contribution in [1.29, 1.82) is 0 Å². The van der Waals surface area contributed by atoms with Crippen molar-refractivity contribution < 1.29 is 18.0 Å². The highest BCUT2D eigenvalue weighted by Gasteiger charge is 2.26. The Kier molecular flexibility index (Phi) is 4.30. The molecule has 7 heteroatoms. The highest BCUT2D eigenvalue weighted by molar-refractivity contribution is 5.92. The highest BCUT2D eigenvalue weighted by atomic mass is 19.4. The van der Waals surface area contributed by atoms with Crippen LogP contribution in [0.4, 0.5) is 18.9 Å². The maximum absolute atomic E-state index is 11.8. The number of nitrogen functional groups attached to an aromatic ring is 1. The first kappa shape index (κ1) is 13.3. The van der Waals surface area contributed by atoms with Crippen LogP contribution in [0.1, 0.15) is 23.3 Å². The lowest BCUT2D eigenvalue weighted by atomic mass is 10.3. The molecule has 0 fully saturated rings. The van der Waals surface area contributed by atoms with Crippen LogP contribution in [0.3, 0.4) is 0 Å². The molecule has 0 saturated carbocycles. The van der Waals surface area contributed by atoms with Crippen molar-refractivity contribution in [2.45, 2.75) is 19.0 Å². The average Bonchev–Trinajstić information content (AvgIpc) is 2.23. The Labute approximate surface area is 96.0 Å². The molecular weight excluding hydrogens is 235 g/mol. The quantitative estimate of drug-likeness (QED) is 0.796. The largest absolute Gasteiger partial charge is 0.399 e. The molecule has 0 aliphatic heterocycles. The fourth-order valence-corrected chi connectivity index (χ4v) is 1.15. The van der Waals surface area contributed by atoms with E-state index >= 15 is 0 Å². The smallest absolute Gasteiger partial charge is 0.389 e. The van der Waals surface area contributed by atoms with E-state index in [9.17, 15) is 18.0 Å². The summed E-state index contributed by atoms with van der Waals surface area (Å²) in [4.78, 5) is 15.2. The second-order valence-electron chi connectivity index (χ2n) is 3.45. The summed E-state index contributed by atoms with van der Waals surface area (Å²) in [5.41, 5.74) is 5.91. The summed E-state index contributed by atoms with van der Waals surface area (Å²) in [6.07, 6.45) is -3.91. The third-order valence-corrected chi connectivity index (χ3v) is 1.94. The van der Waals surface area contributed by atoms with Gasteiger partial charge in [0.25, 0.3) is 5.91 Å². The molecule has 1 aromatic heterocycles. The SMILES string of the molecule is Nc1ccnc(C(=O)NCCCC(F)(F)F)c1. The molecule has 17 heavy (non-hydrogen) atoms. The van der Waals surface area contributed by atoms with E-state index < -0.39 is 18.5 Å². The van der Waals surface area contributed by atoms with E-state index in [0.29, 0.717) is 5.69 Å². The molecule has 0 aromatic carbocycles. The fraction of sp³-hybridized carbons (Fsp3) is 0.400. The molecule has 94 valence electrons. The number of alkyl halides is 3. The molecular formula is C10H12F3N3O. The zero-order valence-electron chi connectivity index (χ0n) is 8.92. The van der Waals surface area contributed by atoms with Crippen molar-refractivity contribution in [2.75, 3.05) is 12.3 Å². The summed E-state index contributed by atoms with van der Waals surface area (Å²) < 4.78 is 35.4. The number of hydrogen-bond acceptors (Lipinski definition) is 3. The number of halogens is 3. The number of nitrogens with zero attached hydrogens (tertiary/aromatic N) is 1. The summed E-state index contributed by atoms with van der Waals surface area (Å²) in [6, 6.07) is 2.87. The van der Waals surface area contributed by atoms with Crippen molar-refractivity contribution in [3.8, 4) is 0 Å². The van der Waals surface area contributed by atoms with Crippen LogP contribution in [-0.4, -0.2) is 23.6 Å². The second-order valence-corrected chi connectivity index (χ2v) is 3.45. The predicted octanol–water partition coefficient (Wildman–Crippen LogP) is 1.74. The third kappa shape index (κ3) is 5.19. The zero-order valence-corrected chi connectivity index (χ0v) is 8.92. The lowest BCUT2D eigenvalue weighted by molar-refractivity contribution is -0.135. The molecule has 3 N–H and O–H groups in total. The molecule has 0 atom stereocenters. The first-order valence-electron chi connectivity index (χ1n) is 4.95. The molecule has 1 amide bonds. The first-order chi connectivity index (χ1) is 7.88. The minimum absolute atomic E-state index is 0.0468. The number of aromatic nitrogens is 1. The van der Waals surface area contributed by atoms with E-state index in [1.807, 2.05) is 0 Å². The molecule has 1 rings (SSSR count). The van der Waals surface area contributed by atoms with Gasteiger partial charge in [-0.05, 0) is 18.6 Å². The lowest BCUT2D eigenvalue weighted by Crippen LogP contribution is -2.26. The Hall–Kier alpha value is -1.79. The van der Waals surface area contributed by atoms with Crippen LogP contribution in [0.5, 0.6) is 0 Å². The van der Waals surface area contributed by atoms with Crippen molar-refractivity contribution in [1.82, 2.24) is 10.3 Å². The number of carbonyl (C=O) groups excluding carboxylic acids is 1. The molecule has 0 radical (unpaired) electrons. The maximum Gasteiger partial charge on any atom is 0.389 e. The van der Waals surface area contributed by atoms with Crippen LogP contribution in [0, 0.1) is 0 Å². The molecule has 0 aliphatic rings. The maximum atomic E-state index is 11.8. The molecule has 0 saturated heterocycles. The number of rotatable bonds is 4. The molecule has 4 nitrogen and oxygen atoms in total. The number of hydrogen-bond donors (Lipinski definition) is 2. The Morgan fingerprint density at radius 2 is 2.18 bits per heavy atom. The fourth-order valence-electron chi connectivity index (χ4n) is 1.15. The van der Waals surface area contributed by atoms with Gasteiger partial charge in [-0.25, -0.2) is 0 Å². The van der Waals surface area contributed by atoms with E-state index in [2.05, 4.69) is 10.3 Å². The monoisotopic (exact) mass is 247 g/mol. The Morgan fingerprint density at radius 1 is 1.47 bits per heavy atom. The van der Waals surface area contributed by atoms with Crippen molar-refractivity contribution >= 4 is 11.6 Å². The van der Waals surface area contributed by atoms with E-state index in [-0.39, 0.29) is 18.7 Å². The number of nitrogens with one attached hydrogen (secondary N) is 1. The van der Waals surface area contributed by atoms with E-state index in [4.69, 9.17) is 5.73 Å². The summed E-state index contributed by atoms with van der Waals surface area (Å²) in [6.45, 7) is -0.0468. The molecule has 0 bridgehead atoms. The number of amides is 1. The number of pyridine rings is 1. The Morgan fingerprint density at radius 3 is 2.76 bits per heavy atom. The second kappa shape index (κ2) is 5.51. The minimum atomic E-state index is -4.19. The van der Waals surface area contributed by atoms with E-state index in [1.165, 1.54) is 18.3 Å². The van der Waals surface area contributed by atoms with Gasteiger partial charge in [-0.3, -0.25) is 9.78 Å². The van der Waals surface area contributed by atoms with Crippen molar-refractivity contribution in [3.63, 3.8) is 0 Å². The summed E-state index contributed by atoms with van der Waals surface area (Å²) in [7, 11) is 0. The van der Waals surface area contributed by atoms with Gasteiger partial charge in [0.1, 0.15) is 5.69 Å². The topological polar surface area (TPSA) is 68.0 Å². The molecule has 1 aromatic rings. The van der Waals surface area contributed by atoms with Gasteiger partial charge in [0, 0.05) is 24.8 Å². The van der Waals surface area contributed by atoms with Gasteiger partial charge in [0.2, 0.25) is 0 Å². The number of nitrogens with two attached hydrogens (primary N) is 1. The van der Waals surface area contributed by atoms with Gasteiger partial charge in [-0.1, -0.05) is 0 Å². The minimum Gasteiger partial charge on any atom is -0.399 e. The summed E-state index contributed by atoms with van der Waals surface area (Å²) >= 11 is 0. The Balaban J connectivity index is 2.36. The first-order valence-corrected chi connectivity index (χ1v) is 4.95. The standard InChI is InChI=1S/C10H12F3N3O/c11-10(12,13)3-1-4-16-9(17)8-6-7(14)2-5-15-8/h2,5-6H,1,3-4H2,(H2,14,15)(H,16,17). The van der Waals surface area contributed by atoms with Gasteiger partial charge in [0.05, 0.1) is 0 Å².